The molecule has 3 heterocycles. The number of rotatable bonds is 2. The van der Waals surface area contributed by atoms with Gasteiger partial charge in [0.15, 0.2) is 0 Å². The number of nitrogens with zero attached hydrogens (tertiary/aromatic N) is 1. The molecule has 3 unspecified atom stereocenters. The van der Waals surface area contributed by atoms with Crippen molar-refractivity contribution in [3.05, 3.63) is 0 Å². The topological polar surface area (TPSA) is 57.2 Å². The highest BCUT2D eigenvalue weighted by Gasteiger charge is 2.58. The second kappa shape index (κ2) is 6.68. The fraction of sp³-hybridized carbons (Fsp3) is 0.947. The minimum Gasteiger partial charge on any atom is -0.444 e. The van der Waals surface area contributed by atoms with Crippen LogP contribution in [0.3, 0.4) is 0 Å². The zero-order chi connectivity index (χ0) is 19.3. The van der Waals surface area contributed by atoms with E-state index in [1.165, 1.54) is 0 Å². The van der Waals surface area contributed by atoms with Gasteiger partial charge in [-0.2, -0.15) is 0 Å². The first-order valence-corrected chi connectivity index (χ1v) is 9.85. The summed E-state index contributed by atoms with van der Waals surface area (Å²) in [6.45, 7) is 15.9. The first-order valence-electron chi connectivity index (χ1n) is 9.85. The second-order valence-electron chi connectivity index (χ2n) is 9.89. The summed E-state index contributed by atoms with van der Waals surface area (Å²) >= 11 is 0. The van der Waals surface area contributed by atoms with Gasteiger partial charge in [0.25, 0.3) is 0 Å². The second-order valence-corrected chi connectivity index (χ2v) is 9.89. The van der Waals surface area contributed by atoms with Gasteiger partial charge in [-0.25, -0.2) is 4.79 Å². The van der Waals surface area contributed by atoms with Crippen LogP contribution < -0.4 is 0 Å². The van der Waals surface area contributed by atoms with E-state index in [4.69, 9.17) is 18.8 Å². The Hall–Kier alpha value is -0.785. The van der Waals surface area contributed by atoms with Crippen LogP contribution in [0.5, 0.6) is 0 Å². The van der Waals surface area contributed by atoms with E-state index in [-0.39, 0.29) is 42.3 Å². The molecular formula is C19H34BNO5. The van der Waals surface area contributed by atoms with Gasteiger partial charge in [-0.3, -0.25) is 0 Å². The van der Waals surface area contributed by atoms with Crippen molar-refractivity contribution in [2.75, 3.05) is 19.7 Å². The van der Waals surface area contributed by atoms with Crippen LogP contribution >= 0.6 is 0 Å². The number of carbonyl (C=O) groups excluding carboxylic acids is 1. The monoisotopic (exact) mass is 367 g/mol. The van der Waals surface area contributed by atoms with E-state index in [2.05, 4.69) is 27.7 Å². The number of amides is 1. The van der Waals surface area contributed by atoms with Crippen LogP contribution in [0.25, 0.3) is 0 Å². The van der Waals surface area contributed by atoms with Gasteiger partial charge < -0.3 is 23.7 Å². The molecule has 3 atom stereocenters. The maximum Gasteiger partial charge on any atom is 0.463 e. The van der Waals surface area contributed by atoms with Gasteiger partial charge in [-0.15, -0.1) is 0 Å². The highest BCUT2D eigenvalue weighted by molar-refractivity contribution is 6.47. The lowest BCUT2D eigenvalue weighted by Gasteiger charge is -2.32. The van der Waals surface area contributed by atoms with Crippen LogP contribution in [0.1, 0.15) is 61.3 Å². The minimum absolute atomic E-state index is 0.0895. The molecule has 3 rings (SSSR count). The van der Waals surface area contributed by atoms with Crippen molar-refractivity contribution in [1.29, 1.82) is 0 Å². The van der Waals surface area contributed by atoms with Crippen molar-refractivity contribution in [2.24, 2.45) is 5.92 Å². The highest BCUT2D eigenvalue weighted by atomic mass is 16.7. The molecule has 26 heavy (non-hydrogen) atoms. The Labute approximate surface area is 158 Å². The molecular weight excluding hydrogens is 333 g/mol. The maximum atomic E-state index is 12.6. The SMILES string of the molecule is CC(C)(C)OC(=O)N1CC(B2OC(C)(C)C(C)(C)O2)C(C2CCCO2)C1. The van der Waals surface area contributed by atoms with Gasteiger partial charge in [0, 0.05) is 31.4 Å². The molecule has 0 radical (unpaired) electrons. The largest absolute Gasteiger partial charge is 0.463 e. The highest BCUT2D eigenvalue weighted by Crippen LogP contribution is 2.46. The molecule has 3 fully saturated rings. The van der Waals surface area contributed by atoms with Crippen LogP contribution in [-0.4, -0.2) is 60.7 Å². The lowest BCUT2D eigenvalue weighted by molar-refractivity contribution is 0.00578. The van der Waals surface area contributed by atoms with Crippen molar-refractivity contribution in [3.63, 3.8) is 0 Å². The lowest BCUT2D eigenvalue weighted by Crippen LogP contribution is -2.41. The smallest absolute Gasteiger partial charge is 0.444 e. The molecule has 0 saturated carbocycles. The summed E-state index contributed by atoms with van der Waals surface area (Å²) in [4.78, 5) is 14.4. The van der Waals surface area contributed by atoms with E-state index in [1.807, 2.05) is 20.8 Å². The molecule has 0 aromatic heterocycles. The van der Waals surface area contributed by atoms with Crippen LogP contribution in [0.2, 0.25) is 5.82 Å². The summed E-state index contributed by atoms with van der Waals surface area (Å²) in [7, 11) is -0.332. The standard InChI is InChI=1S/C19H34BNO5/c1-17(2,3)24-16(22)21-11-13(15-9-8-10-23-15)14(12-21)20-25-18(4,5)19(6,7)26-20/h13-15H,8-12H2,1-7H3. The van der Waals surface area contributed by atoms with Gasteiger partial charge >= 0.3 is 13.2 Å². The number of carbonyl (C=O) groups is 1. The van der Waals surface area contributed by atoms with Crippen LogP contribution in [-0.2, 0) is 18.8 Å². The van der Waals surface area contributed by atoms with E-state index >= 15 is 0 Å². The van der Waals surface area contributed by atoms with Crippen molar-refractivity contribution >= 4 is 13.2 Å². The van der Waals surface area contributed by atoms with Gasteiger partial charge in [0.1, 0.15) is 5.60 Å². The predicted molar refractivity (Wildman–Crippen MR) is 100 cm³/mol. The molecule has 0 N–H and O–H groups in total. The predicted octanol–water partition coefficient (Wildman–Crippen LogP) is 3.49. The van der Waals surface area contributed by atoms with E-state index in [1.54, 1.807) is 4.90 Å². The van der Waals surface area contributed by atoms with Gasteiger partial charge in [-0.1, -0.05) is 0 Å². The number of ether oxygens (including phenoxy) is 2. The van der Waals surface area contributed by atoms with E-state index in [0.717, 1.165) is 19.4 Å². The molecule has 7 heteroatoms. The molecule has 1 amide bonds. The van der Waals surface area contributed by atoms with Crippen molar-refractivity contribution < 1.29 is 23.6 Å². The summed E-state index contributed by atoms with van der Waals surface area (Å²) in [5, 5.41) is 0. The Balaban J connectivity index is 1.77. The van der Waals surface area contributed by atoms with Crippen LogP contribution in [0.15, 0.2) is 0 Å². The molecule has 0 aromatic rings. The third-order valence-electron chi connectivity index (χ3n) is 6.13. The summed E-state index contributed by atoms with van der Waals surface area (Å²) in [6, 6.07) is 0. The Morgan fingerprint density at radius 2 is 1.73 bits per heavy atom. The van der Waals surface area contributed by atoms with Gasteiger partial charge in [0.05, 0.1) is 17.3 Å². The fourth-order valence-electron chi connectivity index (χ4n) is 4.01. The number of hydrogen-bond acceptors (Lipinski definition) is 5. The molecule has 6 nitrogen and oxygen atoms in total. The molecule has 0 spiro atoms. The Morgan fingerprint density at radius 1 is 1.12 bits per heavy atom. The van der Waals surface area contributed by atoms with Crippen LogP contribution in [0.4, 0.5) is 4.79 Å². The average Bonchev–Trinajstić information content (AvgIpc) is 3.16. The van der Waals surface area contributed by atoms with Gasteiger partial charge in [0.2, 0.25) is 0 Å². The van der Waals surface area contributed by atoms with Crippen molar-refractivity contribution in [2.45, 2.75) is 90.0 Å². The third kappa shape index (κ3) is 3.90. The Bertz CT molecular complexity index is 523. The minimum atomic E-state index is -0.501. The Morgan fingerprint density at radius 3 is 2.23 bits per heavy atom. The third-order valence-corrected chi connectivity index (χ3v) is 6.13. The first-order chi connectivity index (χ1) is 11.9. The molecule has 0 aromatic carbocycles. The van der Waals surface area contributed by atoms with E-state index < -0.39 is 5.60 Å². The fourth-order valence-corrected chi connectivity index (χ4v) is 4.01. The summed E-state index contributed by atoms with van der Waals surface area (Å²) < 4.78 is 24.2. The maximum absolute atomic E-state index is 12.6. The molecule has 148 valence electrons. The first kappa shape index (κ1) is 20.0. The summed E-state index contributed by atoms with van der Waals surface area (Å²) in [5.74, 6) is 0.298. The number of hydrogen-bond donors (Lipinski definition) is 0. The molecule has 3 saturated heterocycles. The normalized spacial score (nSPS) is 33.7. The molecule has 0 aliphatic carbocycles. The zero-order valence-corrected chi connectivity index (χ0v) is 17.3. The summed E-state index contributed by atoms with van der Waals surface area (Å²) in [6.07, 6.45) is 2.00. The van der Waals surface area contributed by atoms with Crippen LogP contribution in [0, 0.1) is 5.92 Å². The number of likely N-dealkylation sites (tertiary alicyclic amines) is 1. The van der Waals surface area contributed by atoms with Crippen molar-refractivity contribution in [1.82, 2.24) is 4.90 Å². The molecule has 3 aliphatic heterocycles. The molecule has 0 bridgehead atoms. The van der Waals surface area contributed by atoms with E-state index in [0.29, 0.717) is 13.1 Å². The summed E-state index contributed by atoms with van der Waals surface area (Å²) in [5.41, 5.74) is -1.25. The van der Waals surface area contributed by atoms with Crippen molar-refractivity contribution in [3.8, 4) is 0 Å². The Kier molecular flexibility index (Phi) is 5.13. The lowest BCUT2D eigenvalue weighted by atomic mass is 9.65. The van der Waals surface area contributed by atoms with Gasteiger partial charge in [-0.05, 0) is 61.3 Å². The quantitative estimate of drug-likeness (QED) is 0.700. The zero-order valence-electron chi connectivity index (χ0n) is 17.3. The average molecular weight is 367 g/mol. The van der Waals surface area contributed by atoms with E-state index in [9.17, 15) is 4.79 Å². The molecule has 3 aliphatic rings.